The lowest BCUT2D eigenvalue weighted by molar-refractivity contribution is -0.565. The maximum atomic E-state index is 14.8. The van der Waals surface area contributed by atoms with Crippen LogP contribution < -0.4 is 36.5 Å². The molecule has 0 aliphatic carbocycles. The van der Waals surface area contributed by atoms with Gasteiger partial charge in [0.1, 0.15) is 0 Å². The Balaban J connectivity index is 0.893. The van der Waals surface area contributed by atoms with Crippen molar-refractivity contribution in [3.8, 4) is 39.2 Å². The summed E-state index contributed by atoms with van der Waals surface area (Å²) in [5, 5.41) is 23.4. The molecule has 4 heterocycles. The van der Waals surface area contributed by atoms with Crippen LogP contribution >= 0.6 is 0 Å². The second-order valence-electron chi connectivity index (χ2n) is 21.4. The first-order chi connectivity index (χ1) is 40.9. The van der Waals surface area contributed by atoms with Crippen LogP contribution in [0.25, 0.3) is 71.6 Å². The van der Waals surface area contributed by atoms with Gasteiger partial charge in [-0.2, -0.15) is 4.57 Å². The number of carbonyl (C=O) groups is 5. The number of anilines is 5. The number of amides is 5. The molecule has 11 rings (SSSR count). The van der Waals surface area contributed by atoms with Crippen LogP contribution in [0.4, 0.5) is 28.4 Å². The maximum absolute atomic E-state index is 14.8. The number of carbonyl (C=O) groups excluding carboxylic acids is 5. The monoisotopic (exact) mass is 1110 g/mol. The van der Waals surface area contributed by atoms with Crippen LogP contribution in [0.1, 0.15) is 36.0 Å². The molecule has 420 valence electrons. The van der Waals surface area contributed by atoms with Crippen LogP contribution in [-0.2, 0) is 19.2 Å². The lowest BCUT2D eigenvalue weighted by Crippen LogP contribution is -2.45. The van der Waals surface area contributed by atoms with Gasteiger partial charge in [0.05, 0.1) is 28.8 Å². The molecule has 2 saturated heterocycles. The average molecular weight is 1110 g/mol. The average Bonchev–Trinajstić information content (AvgIpc) is 3.62. The lowest BCUT2D eigenvalue weighted by atomic mass is 9.94. The molecule has 15 heteroatoms. The molecule has 0 radical (unpaired) electrons. The highest BCUT2D eigenvalue weighted by Gasteiger charge is 2.28. The highest BCUT2D eigenvalue weighted by Crippen LogP contribution is 2.36. The van der Waals surface area contributed by atoms with Crippen LogP contribution in [0.15, 0.2) is 202 Å². The van der Waals surface area contributed by atoms with E-state index in [-0.39, 0.29) is 41.5 Å². The second kappa shape index (κ2) is 25.0. The third-order valence-corrected chi connectivity index (χ3v) is 15.9. The standard InChI is InChI=1S/C69H64N10O5/c1-5-65(80)72-52-17-8-13-45(35-52)47-23-24-63-59(38-47)61(76-68(83)44-25-30-77(4)31-26-44)29-34-79(63)64-40-50(46-14-9-18-53(36-46)73-66(81)6-2)39-58-55(64)20-12-21-56(58)69(84)75-51-27-32-78(33-28-51)43-71-60-22-11-16-49-42-70-62(41-57(49)60)48-15-10-19-54(37-48)74-67(82)7-3/h5-24,29,34-42,44,51,71H,1-3,25-28,30-33,43H2,4H3,(H4,72,73,74,75,80,81,82,84)/p+1. The van der Waals surface area contributed by atoms with E-state index in [1.54, 1.807) is 0 Å². The van der Waals surface area contributed by atoms with Gasteiger partial charge in [-0.3, -0.25) is 33.9 Å². The molecule has 2 aromatic heterocycles. The number of nitrogens with one attached hydrogen (secondary N) is 6. The summed E-state index contributed by atoms with van der Waals surface area (Å²) in [5.41, 5.74) is 10.6. The van der Waals surface area contributed by atoms with Crippen LogP contribution in [0.2, 0.25) is 0 Å². The molecule has 0 bridgehead atoms. The van der Waals surface area contributed by atoms with E-state index in [9.17, 15) is 24.0 Å². The topological polar surface area (TPSA) is 181 Å². The molecule has 2 fully saturated rings. The summed E-state index contributed by atoms with van der Waals surface area (Å²) in [7, 11) is 2.08. The fourth-order valence-corrected chi connectivity index (χ4v) is 11.3. The molecular weight excluding hydrogens is 1050 g/mol. The molecule has 15 nitrogen and oxygen atoms in total. The Labute approximate surface area is 487 Å². The fraction of sp³-hybridized carbons (Fsp3) is 0.174. The third-order valence-electron chi connectivity index (χ3n) is 15.9. The smallest absolute Gasteiger partial charge is 0.252 e. The molecule has 5 amide bonds. The molecule has 0 spiro atoms. The van der Waals surface area contributed by atoms with Crippen molar-refractivity contribution in [1.29, 1.82) is 0 Å². The molecule has 0 atom stereocenters. The van der Waals surface area contributed by atoms with E-state index in [0.29, 0.717) is 35.0 Å². The Kier molecular flexibility index (Phi) is 16.6. The fourth-order valence-electron chi connectivity index (χ4n) is 11.3. The van der Waals surface area contributed by atoms with Crippen molar-refractivity contribution in [3.05, 3.63) is 208 Å². The number of benzene rings is 7. The summed E-state index contributed by atoms with van der Waals surface area (Å²) >= 11 is 0. The van der Waals surface area contributed by atoms with E-state index in [2.05, 4.69) is 97.3 Å². The Morgan fingerprint density at radius 1 is 0.560 bits per heavy atom. The van der Waals surface area contributed by atoms with Crippen molar-refractivity contribution in [2.75, 3.05) is 66.5 Å². The normalized spacial score (nSPS) is 14.1. The van der Waals surface area contributed by atoms with Crippen molar-refractivity contribution in [2.45, 2.75) is 31.7 Å². The highest BCUT2D eigenvalue weighted by molar-refractivity contribution is 6.11. The summed E-state index contributed by atoms with van der Waals surface area (Å²) in [6, 6.07) is 48.9. The molecule has 2 aliphatic rings. The molecular formula is C69H65N10O5+. The minimum Gasteiger partial charge on any atom is -0.372 e. The Morgan fingerprint density at radius 2 is 1.15 bits per heavy atom. The van der Waals surface area contributed by atoms with Crippen molar-refractivity contribution in [1.82, 2.24) is 20.1 Å². The first kappa shape index (κ1) is 55.8. The number of hydrogen-bond donors (Lipinski definition) is 6. The minimum atomic E-state index is -0.334. The Morgan fingerprint density at radius 3 is 1.82 bits per heavy atom. The molecule has 9 aromatic rings. The van der Waals surface area contributed by atoms with E-state index < -0.39 is 0 Å². The van der Waals surface area contributed by atoms with Gasteiger partial charge in [0.25, 0.3) is 5.91 Å². The first-order valence-electron chi connectivity index (χ1n) is 28.2. The van der Waals surface area contributed by atoms with Crippen molar-refractivity contribution < 1.29 is 28.5 Å². The van der Waals surface area contributed by atoms with Crippen molar-refractivity contribution in [2.24, 2.45) is 5.92 Å². The van der Waals surface area contributed by atoms with Gasteiger partial charge in [0.15, 0.2) is 6.20 Å². The number of pyridine rings is 2. The van der Waals surface area contributed by atoms with Crippen LogP contribution in [-0.4, -0.2) is 90.3 Å². The zero-order chi connectivity index (χ0) is 58.3. The number of hydrogen-bond acceptors (Lipinski definition) is 9. The SMILES string of the molecule is C=CC(=O)Nc1cccc(-c2cc(-[n+]3ccc(NC(=O)C4CCN(C)CC4)c4cc(-c5cccc(NC(=O)C=C)c5)ccc43)c3cccc(C(=O)NC4CCN(CNc5cccc6cnc(-c7cccc(NC(=O)C=C)c7)cc56)CC4)c3c2)c1. The van der Waals surface area contributed by atoms with E-state index in [1.165, 1.54) is 18.2 Å². The van der Waals surface area contributed by atoms with Crippen LogP contribution in [0, 0.1) is 5.92 Å². The highest BCUT2D eigenvalue weighted by atomic mass is 16.2. The van der Waals surface area contributed by atoms with Crippen molar-refractivity contribution in [3.63, 3.8) is 0 Å². The largest absolute Gasteiger partial charge is 0.372 e. The number of fused-ring (bicyclic) bond motifs is 3. The zero-order valence-corrected chi connectivity index (χ0v) is 46.8. The van der Waals surface area contributed by atoms with E-state index in [4.69, 9.17) is 4.98 Å². The number of piperidine rings is 2. The van der Waals surface area contributed by atoms with Gasteiger partial charge in [-0.15, -0.1) is 0 Å². The van der Waals surface area contributed by atoms with Gasteiger partial charge in [-0.05, 0) is 165 Å². The summed E-state index contributed by atoms with van der Waals surface area (Å²) in [6.07, 6.45) is 10.6. The van der Waals surface area contributed by atoms with Gasteiger partial charge >= 0.3 is 0 Å². The second-order valence-corrected chi connectivity index (χ2v) is 21.4. The summed E-state index contributed by atoms with van der Waals surface area (Å²) in [6.45, 7) is 14.6. The van der Waals surface area contributed by atoms with Gasteiger partial charge in [0.2, 0.25) is 34.8 Å². The van der Waals surface area contributed by atoms with Crippen molar-refractivity contribution >= 4 is 90.4 Å². The quantitative estimate of drug-likeness (QED) is 0.0382. The van der Waals surface area contributed by atoms with Gasteiger partial charge in [0, 0.05) is 99.5 Å². The minimum absolute atomic E-state index is 0.0260. The molecule has 0 saturated carbocycles. The molecule has 2 aliphatic heterocycles. The van der Waals surface area contributed by atoms with E-state index in [0.717, 1.165) is 129 Å². The number of likely N-dealkylation sites (tertiary alicyclic amines) is 2. The summed E-state index contributed by atoms with van der Waals surface area (Å²) < 4.78 is 2.10. The lowest BCUT2D eigenvalue weighted by Gasteiger charge is -2.32. The van der Waals surface area contributed by atoms with E-state index >= 15 is 0 Å². The summed E-state index contributed by atoms with van der Waals surface area (Å²) in [5.74, 6) is -1.27. The molecule has 84 heavy (non-hydrogen) atoms. The third kappa shape index (κ3) is 12.5. The number of aromatic nitrogens is 2. The Bertz CT molecular complexity index is 4090. The predicted octanol–water partition coefficient (Wildman–Crippen LogP) is 11.7. The Hall–Kier alpha value is -10.1. The van der Waals surface area contributed by atoms with Crippen LogP contribution in [0.3, 0.4) is 0 Å². The van der Waals surface area contributed by atoms with Gasteiger partial charge < -0.3 is 36.8 Å². The zero-order valence-electron chi connectivity index (χ0n) is 46.8. The summed E-state index contributed by atoms with van der Waals surface area (Å²) in [4.78, 5) is 75.1. The van der Waals surface area contributed by atoms with E-state index in [1.807, 2.05) is 140 Å². The molecule has 7 aromatic carbocycles. The first-order valence-corrected chi connectivity index (χ1v) is 28.2. The van der Waals surface area contributed by atoms with Gasteiger partial charge in [-0.25, -0.2) is 0 Å². The molecule has 0 unspecified atom stereocenters. The number of nitrogens with zero attached hydrogens (tertiary/aromatic N) is 4. The number of rotatable bonds is 17. The van der Waals surface area contributed by atoms with Crippen LogP contribution in [0.5, 0.6) is 0 Å². The maximum Gasteiger partial charge on any atom is 0.252 e. The van der Waals surface area contributed by atoms with Gasteiger partial charge in [-0.1, -0.05) is 74.3 Å². The predicted molar refractivity (Wildman–Crippen MR) is 337 cm³/mol. The molecule has 6 N–H and O–H groups in total.